The van der Waals surface area contributed by atoms with E-state index in [4.69, 9.17) is 28.8 Å². The second kappa shape index (κ2) is 10.9. The van der Waals surface area contributed by atoms with Crippen molar-refractivity contribution in [2.75, 3.05) is 36.4 Å². The molecule has 9 nitrogen and oxygen atoms in total. The number of nitrogens with one attached hydrogen (secondary N) is 1. The van der Waals surface area contributed by atoms with Crippen molar-refractivity contribution in [2.24, 2.45) is 14.1 Å². The van der Waals surface area contributed by atoms with Gasteiger partial charge in [0.05, 0.1) is 6.54 Å². The summed E-state index contributed by atoms with van der Waals surface area (Å²) in [5.74, 6) is 1.13. The largest absolute Gasteiger partial charge is 0.345 e. The zero-order chi connectivity index (χ0) is 27.8. The second-order valence-corrected chi connectivity index (χ2v) is 11.0. The highest BCUT2D eigenvalue weighted by molar-refractivity contribution is 7.80. The lowest BCUT2D eigenvalue weighted by atomic mass is 10.0. The van der Waals surface area contributed by atoms with Crippen LogP contribution in [0.25, 0.3) is 11.2 Å². The maximum atomic E-state index is 13.3. The third-order valence-electron chi connectivity index (χ3n) is 7.26. The number of hydrogen-bond donors (Lipinski definition) is 1. The van der Waals surface area contributed by atoms with Crippen molar-refractivity contribution in [3.8, 4) is 0 Å². The number of piperazine rings is 1. The number of fused-ring (bicyclic) bond motifs is 1. The molecule has 0 spiro atoms. The van der Waals surface area contributed by atoms with E-state index in [0.717, 1.165) is 15.8 Å². The van der Waals surface area contributed by atoms with Gasteiger partial charge in [-0.2, -0.15) is 4.98 Å². The number of aromatic nitrogens is 4. The average molecular weight is 566 g/mol. The molecule has 3 heterocycles. The van der Waals surface area contributed by atoms with Gasteiger partial charge in [0.15, 0.2) is 16.3 Å². The molecule has 1 saturated heterocycles. The molecule has 1 N–H and O–H groups in total. The van der Waals surface area contributed by atoms with Gasteiger partial charge in [-0.3, -0.25) is 18.5 Å². The van der Waals surface area contributed by atoms with Gasteiger partial charge < -0.3 is 15.1 Å². The van der Waals surface area contributed by atoms with E-state index in [2.05, 4.69) is 53.2 Å². The van der Waals surface area contributed by atoms with Crippen molar-refractivity contribution in [3.63, 3.8) is 0 Å². The van der Waals surface area contributed by atoms with Crippen LogP contribution in [-0.4, -0.2) is 54.9 Å². The van der Waals surface area contributed by atoms with Crippen LogP contribution in [0, 0.1) is 0 Å². The third-order valence-corrected chi connectivity index (χ3v) is 7.87. The Morgan fingerprint density at radius 3 is 2.23 bits per heavy atom. The van der Waals surface area contributed by atoms with Gasteiger partial charge in [-0.25, -0.2) is 4.79 Å². The molecule has 1 aliphatic rings. The first-order chi connectivity index (χ1) is 18.6. The summed E-state index contributed by atoms with van der Waals surface area (Å²) >= 11 is 11.8. The number of benzene rings is 2. The van der Waals surface area contributed by atoms with Crippen LogP contribution < -0.4 is 21.5 Å². The molecule has 0 atom stereocenters. The van der Waals surface area contributed by atoms with Gasteiger partial charge in [0, 0.05) is 51.0 Å². The van der Waals surface area contributed by atoms with E-state index < -0.39 is 5.69 Å². The molecule has 39 heavy (non-hydrogen) atoms. The lowest BCUT2D eigenvalue weighted by molar-refractivity contribution is 0.386. The molecule has 1 aliphatic heterocycles. The van der Waals surface area contributed by atoms with Crippen molar-refractivity contribution in [3.05, 3.63) is 85.5 Å². The Balaban J connectivity index is 1.40. The van der Waals surface area contributed by atoms with Crippen molar-refractivity contribution in [1.82, 2.24) is 23.6 Å². The molecular formula is C28H32ClN7O2S. The number of thiocarbonyl (C=S) groups is 1. The predicted octanol–water partition coefficient (Wildman–Crippen LogP) is 3.78. The molecule has 2 aromatic heterocycles. The summed E-state index contributed by atoms with van der Waals surface area (Å²) in [5, 5.41) is 4.68. The molecule has 0 radical (unpaired) electrons. The van der Waals surface area contributed by atoms with Gasteiger partial charge in [-0.15, -0.1) is 0 Å². The Hall–Kier alpha value is -3.63. The molecule has 0 unspecified atom stereocenters. The summed E-state index contributed by atoms with van der Waals surface area (Å²) in [6.07, 6.45) is 0. The van der Waals surface area contributed by atoms with Crippen molar-refractivity contribution >= 4 is 51.7 Å². The highest BCUT2D eigenvalue weighted by Crippen LogP contribution is 2.24. The number of imidazole rings is 1. The van der Waals surface area contributed by atoms with E-state index in [1.807, 2.05) is 28.8 Å². The minimum absolute atomic E-state index is 0.367. The summed E-state index contributed by atoms with van der Waals surface area (Å²) in [4.78, 5) is 35.0. The minimum Gasteiger partial charge on any atom is -0.345 e. The van der Waals surface area contributed by atoms with Gasteiger partial charge in [-0.1, -0.05) is 49.7 Å². The Labute approximate surface area is 237 Å². The SMILES string of the molecule is CC(C)c1ccc(NC(=S)N2CCN(c3nc4c(c(=O)n(C)c(=O)n4C)n3Cc3ccc(Cl)cc3)CC2)cc1. The maximum Gasteiger partial charge on any atom is 0.332 e. The molecule has 11 heteroatoms. The smallest absolute Gasteiger partial charge is 0.332 e. The Morgan fingerprint density at radius 2 is 1.62 bits per heavy atom. The van der Waals surface area contributed by atoms with Crippen LogP contribution in [0.15, 0.2) is 58.1 Å². The molecule has 4 aromatic rings. The van der Waals surface area contributed by atoms with Crippen LogP contribution in [0.2, 0.25) is 5.02 Å². The van der Waals surface area contributed by atoms with Crippen LogP contribution in [-0.2, 0) is 20.6 Å². The first-order valence-corrected chi connectivity index (χ1v) is 13.7. The molecular weight excluding hydrogens is 534 g/mol. The molecule has 2 aromatic carbocycles. The maximum absolute atomic E-state index is 13.3. The van der Waals surface area contributed by atoms with Crippen LogP contribution >= 0.6 is 23.8 Å². The van der Waals surface area contributed by atoms with Crippen molar-refractivity contribution < 1.29 is 0 Å². The normalized spacial score (nSPS) is 13.9. The molecule has 5 rings (SSSR count). The molecule has 0 aliphatic carbocycles. The number of nitrogens with zero attached hydrogens (tertiary/aromatic N) is 6. The monoisotopic (exact) mass is 565 g/mol. The topological polar surface area (TPSA) is 80.3 Å². The first kappa shape index (κ1) is 27.0. The van der Waals surface area contributed by atoms with Gasteiger partial charge in [0.2, 0.25) is 5.95 Å². The van der Waals surface area contributed by atoms with Gasteiger partial charge in [-0.05, 0) is 53.5 Å². The highest BCUT2D eigenvalue weighted by Gasteiger charge is 2.26. The third kappa shape index (κ3) is 5.31. The Morgan fingerprint density at radius 1 is 0.974 bits per heavy atom. The van der Waals surface area contributed by atoms with E-state index in [1.165, 1.54) is 17.2 Å². The quantitative estimate of drug-likeness (QED) is 0.369. The summed E-state index contributed by atoms with van der Waals surface area (Å²) < 4.78 is 4.46. The zero-order valence-electron chi connectivity index (χ0n) is 22.5. The van der Waals surface area contributed by atoms with Crippen LogP contribution in [0.3, 0.4) is 0 Å². The number of rotatable bonds is 5. The Kier molecular flexibility index (Phi) is 7.51. The number of aryl methyl sites for hydroxylation is 1. The van der Waals surface area contributed by atoms with Crippen molar-refractivity contribution in [2.45, 2.75) is 26.3 Å². The summed E-state index contributed by atoms with van der Waals surface area (Å²) in [6.45, 7) is 7.47. The summed E-state index contributed by atoms with van der Waals surface area (Å²) in [7, 11) is 3.13. The van der Waals surface area contributed by atoms with E-state index in [1.54, 1.807) is 7.05 Å². The van der Waals surface area contributed by atoms with E-state index in [-0.39, 0.29) is 5.56 Å². The minimum atomic E-state index is -0.405. The molecule has 1 fully saturated rings. The Bertz CT molecular complexity index is 1630. The van der Waals surface area contributed by atoms with Gasteiger partial charge in [0.25, 0.3) is 5.56 Å². The lowest BCUT2D eigenvalue weighted by Crippen LogP contribution is -2.50. The fourth-order valence-electron chi connectivity index (χ4n) is 4.86. The first-order valence-electron chi connectivity index (χ1n) is 13.0. The lowest BCUT2D eigenvalue weighted by Gasteiger charge is -2.36. The van der Waals surface area contributed by atoms with E-state index in [9.17, 15) is 9.59 Å². The van der Waals surface area contributed by atoms with Crippen LogP contribution in [0.5, 0.6) is 0 Å². The van der Waals surface area contributed by atoms with E-state index >= 15 is 0 Å². The van der Waals surface area contributed by atoms with Gasteiger partial charge in [0.1, 0.15) is 0 Å². The predicted molar refractivity (Wildman–Crippen MR) is 161 cm³/mol. The van der Waals surface area contributed by atoms with Crippen LogP contribution in [0.1, 0.15) is 30.9 Å². The molecule has 0 amide bonds. The molecule has 0 saturated carbocycles. The van der Waals surface area contributed by atoms with E-state index in [0.29, 0.717) is 65.9 Å². The molecule has 204 valence electrons. The number of halogens is 1. The van der Waals surface area contributed by atoms with Crippen molar-refractivity contribution in [1.29, 1.82) is 0 Å². The van der Waals surface area contributed by atoms with Gasteiger partial charge >= 0.3 is 5.69 Å². The average Bonchev–Trinajstić information content (AvgIpc) is 3.31. The fourth-order valence-corrected chi connectivity index (χ4v) is 5.29. The van der Waals surface area contributed by atoms with Crippen LogP contribution in [0.4, 0.5) is 11.6 Å². The standard InChI is InChI=1S/C28H32ClN7O2S/c1-18(2)20-7-11-22(12-8-20)30-27(39)35-15-13-34(14-16-35)26-31-24-23(25(37)33(4)28(38)32(24)3)36(26)17-19-5-9-21(29)10-6-19/h5-12,18H,13-17H2,1-4H3,(H,30,39). The zero-order valence-corrected chi connectivity index (χ0v) is 24.1. The fraction of sp³-hybridized carbons (Fsp3) is 0.357. The number of anilines is 2. The summed E-state index contributed by atoms with van der Waals surface area (Å²) in [5.41, 5.74) is 3.22. The summed E-state index contributed by atoms with van der Waals surface area (Å²) in [6, 6.07) is 15.9. The molecule has 0 bridgehead atoms. The highest BCUT2D eigenvalue weighted by atomic mass is 35.5. The second-order valence-electron chi connectivity index (χ2n) is 10.2. The number of hydrogen-bond acceptors (Lipinski definition) is 5.